The van der Waals surface area contributed by atoms with E-state index in [-0.39, 0.29) is 38.8 Å². The Hall–Kier alpha value is -2.84. The Kier molecular flexibility index (Phi) is 41.1. The normalized spacial score (nSPS) is 14.6. The number of carbonyl (C=O) groups is 1. The van der Waals surface area contributed by atoms with Gasteiger partial charge in [0.1, 0.15) is 6.10 Å². The molecule has 2 unspecified atom stereocenters. The van der Waals surface area contributed by atoms with Crippen LogP contribution in [0.5, 0.6) is 0 Å². The molecule has 0 spiro atoms. The number of phosphoric ester groups is 1. The van der Waals surface area contributed by atoms with Crippen LogP contribution in [0.4, 0.5) is 0 Å². The Morgan fingerprint density at radius 1 is 0.554 bits per heavy atom. The third-order valence-corrected chi connectivity index (χ3v) is 9.14. The van der Waals surface area contributed by atoms with E-state index < -0.39 is 13.9 Å². The van der Waals surface area contributed by atoms with E-state index in [1.54, 1.807) is 0 Å². The second kappa shape index (κ2) is 43.3. The smallest absolute Gasteiger partial charge is 0.457 e. The zero-order valence-electron chi connectivity index (χ0n) is 35.1. The maximum absolute atomic E-state index is 12.5. The van der Waals surface area contributed by atoms with Crippen LogP contribution in [0, 0.1) is 0 Å². The third kappa shape index (κ3) is 42.3. The standard InChI is InChI=1S/C47H78NO7P/c1-3-5-7-9-11-13-15-17-18-19-20-21-22-23-24-25-26-27-29-31-33-35-37-39-42-52-44-46(45-54-56(50,51)53-43-41-48)55-47(49)40-38-36-34-32-30-28-16-14-12-10-8-6-4-2/h5,7-8,10-11,13-14,16-18,20-21,23-24,26-27,31,33,46H,3-4,6,9,12,15,19,22,25,28-30,32,34-45,48H2,1-2H3,(H,50,51)/b7-5-,10-8-,13-11-,16-14-,18-17-,21-20-,24-23-,27-26-,33-31-. The zero-order valence-corrected chi connectivity index (χ0v) is 36.0. The first-order valence-electron chi connectivity index (χ1n) is 21.4. The summed E-state index contributed by atoms with van der Waals surface area (Å²) < 4.78 is 33.3. The van der Waals surface area contributed by atoms with Crippen molar-refractivity contribution in [3.8, 4) is 0 Å². The molecule has 56 heavy (non-hydrogen) atoms. The maximum atomic E-state index is 12.5. The van der Waals surface area contributed by atoms with Gasteiger partial charge in [-0.3, -0.25) is 13.8 Å². The highest BCUT2D eigenvalue weighted by Crippen LogP contribution is 2.43. The minimum atomic E-state index is -4.30. The summed E-state index contributed by atoms with van der Waals surface area (Å²) >= 11 is 0. The van der Waals surface area contributed by atoms with Crippen LogP contribution in [-0.2, 0) is 27.9 Å². The lowest BCUT2D eigenvalue weighted by atomic mass is 10.1. The summed E-state index contributed by atoms with van der Waals surface area (Å²) in [6.07, 6.45) is 58.3. The number of carbonyl (C=O) groups excluding carboxylic acids is 1. The summed E-state index contributed by atoms with van der Waals surface area (Å²) in [6, 6.07) is 0. The van der Waals surface area contributed by atoms with Crippen LogP contribution in [0.2, 0.25) is 0 Å². The molecule has 0 aliphatic rings. The van der Waals surface area contributed by atoms with Crippen LogP contribution in [0.1, 0.15) is 142 Å². The minimum absolute atomic E-state index is 0.0725. The zero-order chi connectivity index (χ0) is 40.9. The Morgan fingerprint density at radius 2 is 1.00 bits per heavy atom. The van der Waals surface area contributed by atoms with Crippen molar-refractivity contribution in [2.45, 2.75) is 148 Å². The molecule has 0 aliphatic heterocycles. The van der Waals surface area contributed by atoms with Crippen molar-refractivity contribution in [2.75, 3.05) is 33.0 Å². The summed E-state index contributed by atoms with van der Waals surface area (Å²) in [5.74, 6) is -0.367. The highest BCUT2D eigenvalue weighted by atomic mass is 31.2. The van der Waals surface area contributed by atoms with Gasteiger partial charge in [-0.1, -0.05) is 149 Å². The molecule has 0 aromatic rings. The van der Waals surface area contributed by atoms with Gasteiger partial charge in [0.15, 0.2) is 0 Å². The topological polar surface area (TPSA) is 117 Å². The molecule has 0 aromatic heterocycles. The van der Waals surface area contributed by atoms with Gasteiger partial charge in [-0.25, -0.2) is 4.57 Å². The molecule has 3 N–H and O–H groups in total. The molecule has 0 fully saturated rings. The number of ether oxygens (including phenoxy) is 2. The van der Waals surface area contributed by atoms with Gasteiger partial charge in [-0.05, 0) is 96.3 Å². The number of hydrogen-bond donors (Lipinski definition) is 2. The van der Waals surface area contributed by atoms with Crippen LogP contribution in [0.15, 0.2) is 109 Å². The first kappa shape index (κ1) is 53.2. The van der Waals surface area contributed by atoms with E-state index in [0.717, 1.165) is 116 Å². The van der Waals surface area contributed by atoms with Gasteiger partial charge >= 0.3 is 13.8 Å². The second-order valence-electron chi connectivity index (χ2n) is 13.5. The average Bonchev–Trinajstić information content (AvgIpc) is 3.19. The van der Waals surface area contributed by atoms with Crippen molar-refractivity contribution >= 4 is 13.8 Å². The molecular weight excluding hydrogens is 721 g/mol. The van der Waals surface area contributed by atoms with Gasteiger partial charge in [0.25, 0.3) is 0 Å². The van der Waals surface area contributed by atoms with E-state index in [1.807, 2.05) is 0 Å². The van der Waals surface area contributed by atoms with E-state index >= 15 is 0 Å². The van der Waals surface area contributed by atoms with Crippen LogP contribution < -0.4 is 5.73 Å². The quantitative estimate of drug-likeness (QED) is 0.0273. The first-order chi connectivity index (χ1) is 27.4. The van der Waals surface area contributed by atoms with Gasteiger partial charge in [-0.2, -0.15) is 0 Å². The Bertz CT molecular complexity index is 1210. The van der Waals surface area contributed by atoms with Crippen LogP contribution in [-0.4, -0.2) is 49.9 Å². The predicted octanol–water partition coefficient (Wildman–Crippen LogP) is 12.9. The lowest BCUT2D eigenvalue weighted by Crippen LogP contribution is -2.28. The highest BCUT2D eigenvalue weighted by molar-refractivity contribution is 7.47. The fourth-order valence-electron chi connectivity index (χ4n) is 5.07. The van der Waals surface area contributed by atoms with Gasteiger partial charge in [0, 0.05) is 19.6 Å². The van der Waals surface area contributed by atoms with E-state index in [2.05, 4.69) is 123 Å². The lowest BCUT2D eigenvalue weighted by Gasteiger charge is -2.20. The van der Waals surface area contributed by atoms with Crippen molar-refractivity contribution in [1.82, 2.24) is 0 Å². The molecule has 318 valence electrons. The SMILES string of the molecule is CC/C=C\C/C=C\C/C=C\C/C=C\C/C=C\C/C=C\C/C=C\CCCCOCC(COP(=O)(O)OCCN)OC(=O)CCCCCCC/C=C\C/C=C\CCC. The van der Waals surface area contributed by atoms with Crippen LogP contribution in [0.3, 0.4) is 0 Å². The number of unbranched alkanes of at least 4 members (excludes halogenated alkanes) is 8. The number of rotatable bonds is 39. The van der Waals surface area contributed by atoms with Crippen molar-refractivity contribution in [2.24, 2.45) is 5.73 Å². The highest BCUT2D eigenvalue weighted by Gasteiger charge is 2.25. The molecule has 0 aliphatic carbocycles. The van der Waals surface area contributed by atoms with E-state index in [1.165, 1.54) is 6.42 Å². The molecule has 0 radical (unpaired) electrons. The van der Waals surface area contributed by atoms with E-state index in [0.29, 0.717) is 6.61 Å². The van der Waals surface area contributed by atoms with Gasteiger partial charge < -0.3 is 20.1 Å². The molecule has 0 amide bonds. The maximum Gasteiger partial charge on any atom is 0.472 e. The first-order valence-corrected chi connectivity index (χ1v) is 22.9. The van der Waals surface area contributed by atoms with Crippen LogP contribution >= 0.6 is 7.82 Å². The summed E-state index contributed by atoms with van der Waals surface area (Å²) in [4.78, 5) is 22.4. The molecule has 8 nitrogen and oxygen atoms in total. The molecule has 0 heterocycles. The Morgan fingerprint density at radius 3 is 1.50 bits per heavy atom. The molecular formula is C47H78NO7P. The predicted molar refractivity (Wildman–Crippen MR) is 237 cm³/mol. The Balaban J connectivity index is 4.17. The lowest BCUT2D eigenvalue weighted by molar-refractivity contribution is -0.154. The molecule has 0 aromatic carbocycles. The number of phosphoric acid groups is 1. The minimum Gasteiger partial charge on any atom is -0.457 e. The van der Waals surface area contributed by atoms with Crippen molar-refractivity contribution in [3.63, 3.8) is 0 Å². The fraction of sp³-hybridized carbons (Fsp3) is 0.596. The molecule has 0 saturated heterocycles. The van der Waals surface area contributed by atoms with Crippen molar-refractivity contribution < 1.29 is 32.8 Å². The molecule has 0 saturated carbocycles. The number of hydrogen-bond acceptors (Lipinski definition) is 7. The Labute approximate surface area is 342 Å². The van der Waals surface area contributed by atoms with Crippen molar-refractivity contribution in [3.05, 3.63) is 109 Å². The van der Waals surface area contributed by atoms with Gasteiger partial charge in [-0.15, -0.1) is 0 Å². The number of esters is 1. The van der Waals surface area contributed by atoms with Gasteiger partial charge in [0.05, 0.1) is 19.8 Å². The van der Waals surface area contributed by atoms with Crippen molar-refractivity contribution in [1.29, 1.82) is 0 Å². The molecule has 0 rings (SSSR count). The summed E-state index contributed by atoms with van der Waals surface area (Å²) in [7, 11) is -4.30. The fourth-order valence-corrected chi connectivity index (χ4v) is 5.84. The largest absolute Gasteiger partial charge is 0.472 e. The summed E-state index contributed by atoms with van der Waals surface area (Å²) in [5, 5.41) is 0. The average molecular weight is 800 g/mol. The molecule has 9 heteroatoms. The van der Waals surface area contributed by atoms with E-state index in [9.17, 15) is 14.3 Å². The molecule has 2 atom stereocenters. The number of nitrogens with two attached hydrogens (primary N) is 1. The molecule has 0 bridgehead atoms. The van der Waals surface area contributed by atoms with E-state index in [4.69, 9.17) is 24.3 Å². The van der Waals surface area contributed by atoms with Crippen LogP contribution in [0.25, 0.3) is 0 Å². The monoisotopic (exact) mass is 800 g/mol. The number of allylic oxidation sites excluding steroid dienone is 18. The summed E-state index contributed by atoms with van der Waals surface area (Å²) in [5.41, 5.74) is 5.36. The van der Waals surface area contributed by atoms with Gasteiger partial charge in [0.2, 0.25) is 0 Å². The summed E-state index contributed by atoms with van der Waals surface area (Å²) in [6.45, 7) is 4.56. The third-order valence-electron chi connectivity index (χ3n) is 8.16. The second-order valence-corrected chi connectivity index (χ2v) is 14.9.